The first kappa shape index (κ1) is 13.1. The third-order valence-corrected chi connectivity index (χ3v) is 6.16. The number of rotatable bonds is 2. The Labute approximate surface area is 139 Å². The van der Waals surface area contributed by atoms with Gasteiger partial charge >= 0.3 is 0 Å². The summed E-state index contributed by atoms with van der Waals surface area (Å²) in [5, 5.41) is 5.49. The van der Waals surface area contributed by atoms with Crippen molar-refractivity contribution in [1.29, 1.82) is 0 Å². The summed E-state index contributed by atoms with van der Waals surface area (Å²) >= 11 is 1.97. The Bertz CT molecular complexity index is 921. The first-order valence-corrected chi connectivity index (χ1v) is 8.87. The van der Waals surface area contributed by atoms with E-state index in [0.29, 0.717) is 11.8 Å². The zero-order valence-electron chi connectivity index (χ0n) is 12.6. The molecule has 0 fully saturated rings. The second-order valence-electron chi connectivity index (χ2n) is 6.17. The van der Waals surface area contributed by atoms with E-state index >= 15 is 0 Å². The number of thiophene rings is 1. The van der Waals surface area contributed by atoms with Crippen LogP contribution in [0.25, 0.3) is 21.5 Å². The van der Waals surface area contributed by atoms with E-state index in [2.05, 4.69) is 85.0 Å². The monoisotopic (exact) mass is 312 g/mol. The van der Waals surface area contributed by atoms with Gasteiger partial charge in [-0.15, -0.1) is 11.3 Å². The van der Waals surface area contributed by atoms with Crippen LogP contribution < -0.4 is 0 Å². The molecule has 0 nitrogen and oxygen atoms in total. The molecule has 0 amide bonds. The molecule has 0 saturated heterocycles. The third-order valence-electron chi connectivity index (χ3n) is 4.74. The molecule has 1 heterocycles. The fourth-order valence-corrected chi connectivity index (χ4v) is 4.97. The Kier molecular flexibility index (Phi) is 2.89. The fraction of sp³-hybridized carbons (Fsp3) is 0.0909. The van der Waals surface area contributed by atoms with Crippen LogP contribution in [-0.4, -0.2) is 0 Å². The largest absolute Gasteiger partial charge is 0.142 e. The molecular formula is C22H16S. The average molecular weight is 312 g/mol. The SMILES string of the molecule is C1=CC(c2sc(C3C=CC=C3)c3cc4ccccc4cc23)C=C1. The molecule has 1 heteroatoms. The molecular weight excluding hydrogens is 296 g/mol. The van der Waals surface area contributed by atoms with Crippen molar-refractivity contribution < 1.29 is 0 Å². The number of allylic oxidation sites excluding steroid dienone is 8. The van der Waals surface area contributed by atoms with Crippen molar-refractivity contribution in [3.8, 4) is 0 Å². The van der Waals surface area contributed by atoms with Gasteiger partial charge in [0.15, 0.2) is 0 Å². The van der Waals surface area contributed by atoms with Crippen molar-refractivity contribution in [2.45, 2.75) is 11.8 Å². The standard InChI is InChI=1S/C22H16S/c1-2-8-15(7-1)21-19-13-17-11-5-6-12-18(17)14-20(19)22(23-21)16-9-3-4-10-16/h1-16H. The Balaban J connectivity index is 1.84. The molecule has 0 atom stereocenters. The lowest BCUT2D eigenvalue weighted by Gasteiger charge is -2.05. The molecule has 0 radical (unpaired) electrons. The quantitative estimate of drug-likeness (QED) is 0.508. The number of hydrogen-bond acceptors (Lipinski definition) is 1. The van der Waals surface area contributed by atoms with Gasteiger partial charge in [0.25, 0.3) is 0 Å². The van der Waals surface area contributed by atoms with Gasteiger partial charge in [-0.3, -0.25) is 0 Å². The predicted molar refractivity (Wildman–Crippen MR) is 101 cm³/mol. The summed E-state index contributed by atoms with van der Waals surface area (Å²) in [5.74, 6) is 0.846. The van der Waals surface area contributed by atoms with E-state index in [1.807, 2.05) is 11.3 Å². The first-order valence-electron chi connectivity index (χ1n) is 8.05. The highest BCUT2D eigenvalue weighted by Gasteiger charge is 2.21. The van der Waals surface area contributed by atoms with Gasteiger partial charge in [-0.2, -0.15) is 0 Å². The summed E-state index contributed by atoms with van der Waals surface area (Å²) in [7, 11) is 0. The highest BCUT2D eigenvalue weighted by molar-refractivity contribution is 7.14. The minimum absolute atomic E-state index is 0.423. The second-order valence-corrected chi connectivity index (χ2v) is 7.25. The number of fused-ring (bicyclic) bond motifs is 2. The van der Waals surface area contributed by atoms with Gasteiger partial charge in [-0.1, -0.05) is 72.9 Å². The van der Waals surface area contributed by atoms with E-state index in [1.54, 1.807) is 0 Å². The van der Waals surface area contributed by atoms with Crippen LogP contribution in [-0.2, 0) is 0 Å². The van der Waals surface area contributed by atoms with E-state index in [9.17, 15) is 0 Å². The van der Waals surface area contributed by atoms with Crippen LogP contribution in [0.4, 0.5) is 0 Å². The van der Waals surface area contributed by atoms with Crippen LogP contribution in [0.5, 0.6) is 0 Å². The summed E-state index contributed by atoms with van der Waals surface area (Å²) in [6.45, 7) is 0. The van der Waals surface area contributed by atoms with Crippen LogP contribution in [0.3, 0.4) is 0 Å². The van der Waals surface area contributed by atoms with Crippen LogP contribution in [0, 0.1) is 0 Å². The van der Waals surface area contributed by atoms with Gasteiger partial charge in [0.1, 0.15) is 0 Å². The Morgan fingerprint density at radius 3 is 1.48 bits per heavy atom. The number of hydrogen-bond donors (Lipinski definition) is 0. The molecule has 2 aromatic carbocycles. The topological polar surface area (TPSA) is 0 Å². The minimum Gasteiger partial charge on any atom is -0.142 e. The van der Waals surface area contributed by atoms with Gasteiger partial charge in [0.2, 0.25) is 0 Å². The zero-order valence-corrected chi connectivity index (χ0v) is 13.5. The van der Waals surface area contributed by atoms with E-state index < -0.39 is 0 Å². The van der Waals surface area contributed by atoms with Crippen molar-refractivity contribution >= 4 is 32.9 Å². The molecule has 0 bridgehead atoms. The Hall–Kier alpha value is -2.38. The first-order chi connectivity index (χ1) is 11.4. The molecule has 3 aromatic rings. The van der Waals surface area contributed by atoms with E-state index in [0.717, 1.165) is 0 Å². The molecule has 2 aliphatic carbocycles. The van der Waals surface area contributed by atoms with Crippen LogP contribution in [0.2, 0.25) is 0 Å². The Morgan fingerprint density at radius 1 is 0.609 bits per heavy atom. The summed E-state index contributed by atoms with van der Waals surface area (Å²) in [6.07, 6.45) is 17.8. The number of benzene rings is 2. The minimum atomic E-state index is 0.423. The molecule has 0 aliphatic heterocycles. The van der Waals surface area contributed by atoms with E-state index in [4.69, 9.17) is 0 Å². The van der Waals surface area contributed by atoms with Gasteiger partial charge in [-0.25, -0.2) is 0 Å². The molecule has 0 unspecified atom stereocenters. The smallest absolute Gasteiger partial charge is 0.0305 e. The molecule has 0 spiro atoms. The molecule has 0 saturated carbocycles. The maximum atomic E-state index is 2.38. The van der Waals surface area contributed by atoms with Gasteiger partial charge in [0.05, 0.1) is 0 Å². The highest BCUT2D eigenvalue weighted by atomic mass is 32.1. The van der Waals surface area contributed by atoms with Gasteiger partial charge in [0, 0.05) is 21.6 Å². The Morgan fingerprint density at radius 2 is 1.04 bits per heavy atom. The highest BCUT2D eigenvalue weighted by Crippen LogP contribution is 2.44. The van der Waals surface area contributed by atoms with Crippen LogP contribution >= 0.6 is 11.3 Å². The molecule has 0 N–H and O–H groups in total. The molecule has 23 heavy (non-hydrogen) atoms. The lowest BCUT2D eigenvalue weighted by molar-refractivity contribution is 1.16. The normalized spacial score (nSPS) is 17.4. The zero-order chi connectivity index (χ0) is 15.2. The van der Waals surface area contributed by atoms with Gasteiger partial charge in [-0.05, 0) is 33.7 Å². The molecule has 110 valence electrons. The summed E-state index contributed by atoms with van der Waals surface area (Å²) in [6, 6.07) is 13.4. The van der Waals surface area contributed by atoms with Crippen LogP contribution in [0.15, 0.2) is 85.0 Å². The van der Waals surface area contributed by atoms with Crippen molar-refractivity contribution in [3.63, 3.8) is 0 Å². The summed E-state index contributed by atoms with van der Waals surface area (Å²) < 4.78 is 0. The molecule has 1 aromatic heterocycles. The fourth-order valence-electron chi connectivity index (χ4n) is 3.58. The van der Waals surface area contributed by atoms with E-state index in [1.165, 1.54) is 31.3 Å². The predicted octanol–water partition coefficient (Wildman–Crippen LogP) is 6.47. The molecule has 2 aliphatic rings. The van der Waals surface area contributed by atoms with Crippen molar-refractivity contribution in [2.75, 3.05) is 0 Å². The third kappa shape index (κ3) is 2.04. The maximum absolute atomic E-state index is 2.38. The summed E-state index contributed by atoms with van der Waals surface area (Å²) in [4.78, 5) is 2.94. The average Bonchev–Trinajstić information content (AvgIpc) is 3.32. The van der Waals surface area contributed by atoms with Crippen molar-refractivity contribution in [3.05, 3.63) is 94.8 Å². The maximum Gasteiger partial charge on any atom is 0.0305 e. The lowest BCUT2D eigenvalue weighted by atomic mass is 9.97. The lowest BCUT2D eigenvalue weighted by Crippen LogP contribution is -1.85. The summed E-state index contributed by atoms with van der Waals surface area (Å²) in [5.41, 5.74) is 0. The van der Waals surface area contributed by atoms with Crippen molar-refractivity contribution in [2.24, 2.45) is 0 Å². The van der Waals surface area contributed by atoms with Crippen LogP contribution in [0.1, 0.15) is 21.6 Å². The van der Waals surface area contributed by atoms with Crippen molar-refractivity contribution in [1.82, 2.24) is 0 Å². The van der Waals surface area contributed by atoms with E-state index in [-0.39, 0.29) is 0 Å². The second kappa shape index (κ2) is 5.07. The van der Waals surface area contributed by atoms with Gasteiger partial charge < -0.3 is 0 Å². The molecule has 5 rings (SSSR count).